The van der Waals surface area contributed by atoms with Crippen LogP contribution in [0.15, 0.2) is 48.5 Å². The van der Waals surface area contributed by atoms with Crippen molar-refractivity contribution >= 4 is 5.97 Å². The molecule has 0 aromatic heterocycles. The van der Waals surface area contributed by atoms with Crippen molar-refractivity contribution in [2.45, 2.75) is 58.7 Å². The first-order valence-corrected chi connectivity index (χ1v) is 9.27. The van der Waals surface area contributed by atoms with E-state index in [1.165, 1.54) is 18.6 Å². The van der Waals surface area contributed by atoms with Crippen molar-refractivity contribution in [1.29, 1.82) is 0 Å². The third-order valence-electron chi connectivity index (χ3n) is 4.18. The number of carbonyl (C=O) groups is 1. The highest BCUT2D eigenvalue weighted by Crippen LogP contribution is 2.20. The molecule has 1 unspecified atom stereocenters. The standard InChI is InChI=1S/C22H27FO3/c1-3-4-5-7-10-17(2)26-22(24)20-14-13-19(15-21(20)23)25-16-18-11-8-6-9-12-18/h6,8-9,11-15,17H,3-5,7,10,16H2,1-2H3. The molecule has 2 aromatic carbocycles. The van der Waals surface area contributed by atoms with Crippen molar-refractivity contribution in [2.75, 3.05) is 0 Å². The molecular formula is C22H27FO3. The summed E-state index contributed by atoms with van der Waals surface area (Å²) in [5.74, 6) is -0.866. The van der Waals surface area contributed by atoms with Crippen LogP contribution >= 0.6 is 0 Å². The largest absolute Gasteiger partial charge is 0.489 e. The van der Waals surface area contributed by atoms with Crippen LogP contribution < -0.4 is 4.74 Å². The minimum absolute atomic E-state index is 0.0579. The van der Waals surface area contributed by atoms with Gasteiger partial charge in [0.1, 0.15) is 18.2 Å². The van der Waals surface area contributed by atoms with Gasteiger partial charge >= 0.3 is 5.97 Å². The van der Waals surface area contributed by atoms with E-state index in [1.807, 2.05) is 37.3 Å². The normalized spacial score (nSPS) is 11.8. The highest BCUT2D eigenvalue weighted by molar-refractivity contribution is 5.90. The number of hydrogen-bond donors (Lipinski definition) is 0. The summed E-state index contributed by atoms with van der Waals surface area (Å²) in [4.78, 5) is 12.2. The van der Waals surface area contributed by atoms with Crippen molar-refractivity contribution in [1.82, 2.24) is 0 Å². The van der Waals surface area contributed by atoms with Gasteiger partial charge in [0.25, 0.3) is 0 Å². The minimum atomic E-state index is -0.626. The summed E-state index contributed by atoms with van der Waals surface area (Å²) in [6.45, 7) is 4.34. The zero-order valence-corrected chi connectivity index (χ0v) is 15.5. The lowest BCUT2D eigenvalue weighted by molar-refractivity contribution is 0.0314. The number of carbonyl (C=O) groups excluding carboxylic acids is 1. The van der Waals surface area contributed by atoms with Crippen LogP contribution in [-0.4, -0.2) is 12.1 Å². The van der Waals surface area contributed by atoms with E-state index in [0.717, 1.165) is 31.2 Å². The van der Waals surface area contributed by atoms with E-state index in [0.29, 0.717) is 12.4 Å². The predicted octanol–water partition coefficient (Wildman–Crippen LogP) is 5.92. The summed E-state index contributed by atoms with van der Waals surface area (Å²) < 4.78 is 25.2. The van der Waals surface area contributed by atoms with Crippen molar-refractivity contribution in [2.24, 2.45) is 0 Å². The van der Waals surface area contributed by atoms with Gasteiger partial charge in [-0.2, -0.15) is 0 Å². The van der Waals surface area contributed by atoms with Gasteiger partial charge in [-0.3, -0.25) is 0 Å². The van der Waals surface area contributed by atoms with Gasteiger partial charge < -0.3 is 9.47 Å². The lowest BCUT2D eigenvalue weighted by Crippen LogP contribution is -2.16. The van der Waals surface area contributed by atoms with Gasteiger partial charge in [-0.15, -0.1) is 0 Å². The van der Waals surface area contributed by atoms with E-state index in [9.17, 15) is 9.18 Å². The SMILES string of the molecule is CCCCCCC(C)OC(=O)c1ccc(OCc2ccccc2)cc1F. The van der Waals surface area contributed by atoms with Gasteiger partial charge in [0.15, 0.2) is 0 Å². The molecule has 0 heterocycles. The first kappa shape index (κ1) is 20.0. The Balaban J connectivity index is 1.86. The molecule has 140 valence electrons. The molecule has 0 fully saturated rings. The smallest absolute Gasteiger partial charge is 0.341 e. The third kappa shape index (κ3) is 6.51. The average Bonchev–Trinajstić information content (AvgIpc) is 2.64. The van der Waals surface area contributed by atoms with E-state index in [2.05, 4.69) is 6.92 Å². The average molecular weight is 358 g/mol. The molecule has 0 bridgehead atoms. The number of benzene rings is 2. The molecule has 0 aliphatic heterocycles. The number of rotatable bonds is 10. The first-order chi connectivity index (χ1) is 12.6. The van der Waals surface area contributed by atoms with E-state index in [-0.39, 0.29) is 11.7 Å². The van der Waals surface area contributed by atoms with Crippen LogP contribution in [0.5, 0.6) is 5.75 Å². The third-order valence-corrected chi connectivity index (χ3v) is 4.18. The molecule has 26 heavy (non-hydrogen) atoms. The van der Waals surface area contributed by atoms with Crippen molar-refractivity contribution in [3.05, 3.63) is 65.5 Å². The molecule has 4 heteroatoms. The molecule has 3 nitrogen and oxygen atoms in total. The van der Waals surface area contributed by atoms with Crippen LogP contribution in [0.25, 0.3) is 0 Å². The highest BCUT2D eigenvalue weighted by atomic mass is 19.1. The number of esters is 1. The summed E-state index contributed by atoms with van der Waals surface area (Å²) in [6.07, 6.45) is 5.06. The zero-order chi connectivity index (χ0) is 18.8. The van der Waals surface area contributed by atoms with E-state index in [4.69, 9.17) is 9.47 Å². The second kappa shape index (κ2) is 10.6. The minimum Gasteiger partial charge on any atom is -0.489 e. The van der Waals surface area contributed by atoms with Crippen molar-refractivity contribution in [3.63, 3.8) is 0 Å². The Hall–Kier alpha value is -2.36. The van der Waals surface area contributed by atoms with Crippen LogP contribution in [0, 0.1) is 5.82 Å². The van der Waals surface area contributed by atoms with E-state index < -0.39 is 11.8 Å². The van der Waals surface area contributed by atoms with E-state index in [1.54, 1.807) is 6.07 Å². The Kier molecular flexibility index (Phi) is 8.13. The second-order valence-corrected chi connectivity index (χ2v) is 6.48. The molecule has 0 aliphatic carbocycles. The molecule has 0 aliphatic rings. The fourth-order valence-corrected chi connectivity index (χ4v) is 2.66. The quantitative estimate of drug-likeness (QED) is 0.390. The van der Waals surface area contributed by atoms with Crippen LogP contribution in [-0.2, 0) is 11.3 Å². The Morgan fingerprint density at radius 1 is 1.08 bits per heavy atom. The van der Waals surface area contributed by atoms with E-state index >= 15 is 0 Å². The summed E-state index contributed by atoms with van der Waals surface area (Å²) in [6, 6.07) is 13.9. The first-order valence-electron chi connectivity index (χ1n) is 9.27. The van der Waals surface area contributed by atoms with Gasteiger partial charge in [-0.25, -0.2) is 9.18 Å². The Labute approximate surface area is 155 Å². The van der Waals surface area contributed by atoms with Crippen LogP contribution in [0.4, 0.5) is 4.39 Å². The van der Waals surface area contributed by atoms with Gasteiger partial charge in [0.05, 0.1) is 11.7 Å². The molecular weight excluding hydrogens is 331 g/mol. The Morgan fingerprint density at radius 2 is 1.85 bits per heavy atom. The monoisotopic (exact) mass is 358 g/mol. The van der Waals surface area contributed by atoms with Gasteiger partial charge in [0.2, 0.25) is 0 Å². The second-order valence-electron chi connectivity index (χ2n) is 6.48. The molecule has 0 saturated carbocycles. The summed E-state index contributed by atoms with van der Waals surface area (Å²) >= 11 is 0. The molecule has 0 saturated heterocycles. The zero-order valence-electron chi connectivity index (χ0n) is 15.5. The summed E-state index contributed by atoms with van der Waals surface area (Å²) in [5.41, 5.74) is 0.936. The molecule has 2 aromatic rings. The molecule has 1 atom stereocenters. The lowest BCUT2D eigenvalue weighted by Gasteiger charge is -2.14. The van der Waals surface area contributed by atoms with Crippen molar-refractivity contribution in [3.8, 4) is 5.75 Å². The summed E-state index contributed by atoms with van der Waals surface area (Å²) in [5, 5.41) is 0. The Morgan fingerprint density at radius 3 is 2.54 bits per heavy atom. The lowest BCUT2D eigenvalue weighted by atomic mass is 10.1. The topological polar surface area (TPSA) is 35.5 Å². The number of halogens is 1. The highest BCUT2D eigenvalue weighted by Gasteiger charge is 2.17. The Bertz CT molecular complexity index is 685. The molecule has 0 spiro atoms. The van der Waals surface area contributed by atoms with Gasteiger partial charge in [0, 0.05) is 6.07 Å². The molecule has 2 rings (SSSR count). The van der Waals surface area contributed by atoms with Gasteiger partial charge in [-0.05, 0) is 37.5 Å². The maximum Gasteiger partial charge on any atom is 0.341 e. The van der Waals surface area contributed by atoms with Crippen LogP contribution in [0.1, 0.15) is 61.9 Å². The molecule has 0 amide bonds. The number of ether oxygens (including phenoxy) is 2. The van der Waals surface area contributed by atoms with Crippen LogP contribution in [0.3, 0.4) is 0 Å². The predicted molar refractivity (Wildman–Crippen MR) is 101 cm³/mol. The number of unbranched alkanes of at least 4 members (excludes halogenated alkanes) is 3. The molecule has 0 radical (unpaired) electrons. The maximum absolute atomic E-state index is 14.2. The molecule has 0 N–H and O–H groups in total. The van der Waals surface area contributed by atoms with Gasteiger partial charge in [-0.1, -0.05) is 56.5 Å². The summed E-state index contributed by atoms with van der Waals surface area (Å²) in [7, 11) is 0. The number of hydrogen-bond acceptors (Lipinski definition) is 3. The fourth-order valence-electron chi connectivity index (χ4n) is 2.66. The maximum atomic E-state index is 14.2. The fraction of sp³-hybridized carbons (Fsp3) is 0.409. The van der Waals surface area contributed by atoms with Crippen LogP contribution in [0.2, 0.25) is 0 Å². The van der Waals surface area contributed by atoms with Crippen molar-refractivity contribution < 1.29 is 18.7 Å².